The molecule has 1 aliphatic rings. The predicted octanol–water partition coefficient (Wildman–Crippen LogP) is 6.59. The number of carbonyl (C=O) groups is 2. The lowest BCUT2D eigenvalue weighted by molar-refractivity contribution is -0.274. The average molecular weight is 650 g/mol. The van der Waals surface area contributed by atoms with Crippen molar-refractivity contribution in [3.8, 4) is 22.7 Å². The molecule has 1 saturated heterocycles. The van der Waals surface area contributed by atoms with E-state index in [4.69, 9.17) is 0 Å². The van der Waals surface area contributed by atoms with Gasteiger partial charge in [0.15, 0.2) is 5.17 Å². The molecule has 0 aliphatic carbocycles. The SMILES string of the molecule is CN(C)c1ccc(C(F)(F)F)c(N2C(=O)CS/C2=N\C(=O)Nc2ccc(-c3cn(-c4ccc(OC(F)(F)F)cc4)nn3)cc2)c1. The van der Waals surface area contributed by atoms with Crippen LogP contribution < -0.4 is 19.9 Å². The third kappa shape index (κ3) is 7.36. The highest BCUT2D eigenvalue weighted by molar-refractivity contribution is 8.15. The molecule has 0 atom stereocenters. The standard InChI is InChI=1S/C28H21F6N7O3S/c1-39(2)19-9-12-21(27(29,30)31)23(13-19)41-24(42)15-45-26(41)36-25(43)35-17-5-3-16(4-6-17)22-14-40(38-37-22)18-7-10-20(11-8-18)44-28(32,33)34/h3-14H,15H2,1-2H3,(H,35,43)/b36-26-. The summed E-state index contributed by atoms with van der Waals surface area (Å²) < 4.78 is 83.8. The van der Waals surface area contributed by atoms with Gasteiger partial charge in [-0.3, -0.25) is 9.69 Å². The molecular weight excluding hydrogens is 628 g/mol. The molecular formula is C28H21F6N7O3S. The number of alkyl halides is 6. The second-order valence-electron chi connectivity index (χ2n) is 9.60. The van der Waals surface area contributed by atoms with Crippen LogP contribution in [-0.2, 0) is 11.0 Å². The molecule has 1 N–H and O–H groups in total. The summed E-state index contributed by atoms with van der Waals surface area (Å²) in [6.45, 7) is 0. The molecule has 45 heavy (non-hydrogen) atoms. The van der Waals surface area contributed by atoms with Crippen LogP contribution in [0.25, 0.3) is 16.9 Å². The summed E-state index contributed by atoms with van der Waals surface area (Å²) in [7, 11) is 3.28. The zero-order valence-electron chi connectivity index (χ0n) is 23.2. The fourth-order valence-corrected chi connectivity index (χ4v) is 5.05. The number of hydrogen-bond donors (Lipinski definition) is 1. The molecule has 0 bridgehead atoms. The first-order valence-electron chi connectivity index (χ1n) is 12.8. The highest BCUT2D eigenvalue weighted by atomic mass is 32.2. The van der Waals surface area contributed by atoms with Crippen molar-refractivity contribution < 1.29 is 40.7 Å². The van der Waals surface area contributed by atoms with Crippen molar-refractivity contribution in [1.82, 2.24) is 15.0 Å². The molecule has 3 aromatic carbocycles. The molecule has 17 heteroatoms. The van der Waals surface area contributed by atoms with E-state index < -0.39 is 35.7 Å². The zero-order valence-corrected chi connectivity index (χ0v) is 24.0. The number of amidine groups is 1. The summed E-state index contributed by atoms with van der Waals surface area (Å²) in [4.78, 5) is 31.7. The number of aliphatic imine (C=N–C) groups is 1. The van der Waals surface area contributed by atoms with Gasteiger partial charge in [-0.25, -0.2) is 9.48 Å². The monoisotopic (exact) mass is 649 g/mol. The molecule has 0 unspecified atom stereocenters. The number of amides is 3. The van der Waals surface area contributed by atoms with Gasteiger partial charge >= 0.3 is 18.6 Å². The Labute approximate surface area is 255 Å². The third-order valence-electron chi connectivity index (χ3n) is 6.27. The highest BCUT2D eigenvalue weighted by Crippen LogP contribution is 2.41. The van der Waals surface area contributed by atoms with Crippen LogP contribution in [-0.4, -0.2) is 58.3 Å². The van der Waals surface area contributed by atoms with Crippen molar-refractivity contribution in [1.29, 1.82) is 0 Å². The lowest BCUT2D eigenvalue weighted by Gasteiger charge is -2.23. The van der Waals surface area contributed by atoms with Gasteiger partial charge in [-0.05, 0) is 54.6 Å². The zero-order chi connectivity index (χ0) is 32.5. The number of anilines is 3. The van der Waals surface area contributed by atoms with E-state index in [1.54, 1.807) is 37.3 Å². The molecule has 1 fully saturated rings. The molecule has 0 spiro atoms. The quantitative estimate of drug-likeness (QED) is 0.235. The van der Waals surface area contributed by atoms with Crippen LogP contribution in [0.15, 0.2) is 77.9 Å². The van der Waals surface area contributed by atoms with Crippen LogP contribution in [0.2, 0.25) is 0 Å². The number of urea groups is 1. The first kappa shape index (κ1) is 31.4. The Morgan fingerprint density at radius 1 is 1.00 bits per heavy atom. The van der Waals surface area contributed by atoms with Crippen molar-refractivity contribution >= 4 is 45.9 Å². The number of nitrogens with zero attached hydrogens (tertiary/aromatic N) is 6. The second-order valence-corrected chi connectivity index (χ2v) is 10.5. The van der Waals surface area contributed by atoms with Crippen LogP contribution in [0.1, 0.15) is 5.56 Å². The largest absolute Gasteiger partial charge is 0.573 e. The number of thioether (sulfide) groups is 1. The van der Waals surface area contributed by atoms with E-state index in [2.05, 4.69) is 25.4 Å². The summed E-state index contributed by atoms with van der Waals surface area (Å²) in [5, 5.41) is 10.4. The topological polar surface area (TPSA) is 105 Å². The molecule has 5 rings (SSSR count). The van der Waals surface area contributed by atoms with Crippen molar-refractivity contribution in [3.05, 3.63) is 78.5 Å². The third-order valence-corrected chi connectivity index (χ3v) is 7.19. The van der Waals surface area contributed by atoms with Gasteiger partial charge < -0.3 is 15.0 Å². The number of nitrogens with one attached hydrogen (secondary N) is 1. The van der Waals surface area contributed by atoms with Crippen LogP contribution in [0.4, 0.5) is 48.2 Å². The van der Waals surface area contributed by atoms with Crippen LogP contribution in [0.5, 0.6) is 5.75 Å². The van der Waals surface area contributed by atoms with Gasteiger partial charge in [0.1, 0.15) is 11.4 Å². The summed E-state index contributed by atoms with van der Waals surface area (Å²) in [6.07, 6.45) is -8.03. The van der Waals surface area contributed by atoms with Crippen LogP contribution in [0, 0.1) is 0 Å². The number of halogens is 6. The first-order valence-corrected chi connectivity index (χ1v) is 13.8. The van der Waals surface area contributed by atoms with E-state index >= 15 is 0 Å². The minimum atomic E-state index is -4.81. The molecule has 1 aromatic heterocycles. The smallest absolute Gasteiger partial charge is 0.406 e. The lowest BCUT2D eigenvalue weighted by Crippen LogP contribution is -2.32. The van der Waals surface area contributed by atoms with E-state index in [9.17, 15) is 35.9 Å². The number of ether oxygens (including phenoxy) is 1. The minimum absolute atomic E-state index is 0.198. The van der Waals surface area contributed by atoms with E-state index in [1.807, 2.05) is 0 Å². The van der Waals surface area contributed by atoms with Gasteiger partial charge in [0.2, 0.25) is 5.91 Å². The van der Waals surface area contributed by atoms with Gasteiger partial charge in [0, 0.05) is 31.0 Å². The van der Waals surface area contributed by atoms with Gasteiger partial charge in [0.25, 0.3) is 0 Å². The van der Waals surface area contributed by atoms with Gasteiger partial charge in [-0.15, -0.1) is 18.3 Å². The number of benzene rings is 3. The fourth-order valence-electron chi connectivity index (χ4n) is 4.19. The van der Waals surface area contributed by atoms with Gasteiger partial charge in [-0.1, -0.05) is 29.1 Å². The number of carbonyl (C=O) groups excluding carboxylic acids is 2. The Balaban J connectivity index is 1.30. The Morgan fingerprint density at radius 3 is 2.31 bits per heavy atom. The molecule has 2 heterocycles. The molecule has 3 amide bonds. The first-order chi connectivity index (χ1) is 21.2. The van der Waals surface area contributed by atoms with Crippen molar-refractivity contribution in [2.45, 2.75) is 12.5 Å². The molecule has 234 valence electrons. The number of rotatable bonds is 6. The maximum absolute atomic E-state index is 13.8. The Hall–Kier alpha value is -5.06. The normalized spacial score (nSPS) is 14.6. The Bertz CT molecular complexity index is 1750. The summed E-state index contributed by atoms with van der Waals surface area (Å²) in [5.74, 6) is -1.24. The Morgan fingerprint density at radius 2 is 1.69 bits per heavy atom. The average Bonchev–Trinajstić information content (AvgIpc) is 3.59. The molecule has 4 aromatic rings. The van der Waals surface area contributed by atoms with E-state index in [0.29, 0.717) is 28.3 Å². The van der Waals surface area contributed by atoms with Gasteiger partial charge in [0.05, 0.1) is 28.9 Å². The van der Waals surface area contributed by atoms with Crippen molar-refractivity contribution in [2.24, 2.45) is 4.99 Å². The Kier molecular flexibility index (Phi) is 8.46. The van der Waals surface area contributed by atoms with Gasteiger partial charge in [-0.2, -0.15) is 18.2 Å². The molecule has 10 nitrogen and oxygen atoms in total. The number of hydrogen-bond acceptors (Lipinski definition) is 7. The van der Waals surface area contributed by atoms with Crippen molar-refractivity contribution in [3.63, 3.8) is 0 Å². The lowest BCUT2D eigenvalue weighted by atomic mass is 10.1. The second kappa shape index (κ2) is 12.1. The van der Waals surface area contributed by atoms with Crippen LogP contribution in [0.3, 0.4) is 0 Å². The van der Waals surface area contributed by atoms with Crippen LogP contribution >= 0.6 is 11.8 Å². The van der Waals surface area contributed by atoms with E-state index in [1.165, 1.54) is 41.1 Å². The fraction of sp³-hybridized carbons (Fsp3) is 0.179. The maximum Gasteiger partial charge on any atom is 0.573 e. The highest BCUT2D eigenvalue weighted by Gasteiger charge is 2.40. The summed E-state index contributed by atoms with van der Waals surface area (Å²) in [6, 6.07) is 13.8. The van der Waals surface area contributed by atoms with E-state index in [0.717, 1.165) is 34.9 Å². The summed E-state index contributed by atoms with van der Waals surface area (Å²) in [5.41, 5.74) is 0.675. The van der Waals surface area contributed by atoms with Crippen molar-refractivity contribution in [2.75, 3.05) is 35.0 Å². The molecule has 0 saturated carbocycles. The number of aromatic nitrogens is 3. The predicted molar refractivity (Wildman–Crippen MR) is 156 cm³/mol. The molecule has 0 radical (unpaired) electrons. The maximum atomic E-state index is 13.8. The minimum Gasteiger partial charge on any atom is -0.406 e. The summed E-state index contributed by atoms with van der Waals surface area (Å²) >= 11 is 0.839. The molecule has 1 aliphatic heterocycles. The van der Waals surface area contributed by atoms with E-state index in [-0.39, 0.29) is 16.7 Å².